The first-order valence-electron chi connectivity index (χ1n) is 6.84. The van der Waals surface area contributed by atoms with E-state index in [2.05, 4.69) is 0 Å². The number of hydrogen-bond acceptors (Lipinski definition) is 3. The van der Waals surface area contributed by atoms with Crippen LogP contribution in [0.25, 0.3) is 0 Å². The third-order valence-corrected chi connectivity index (χ3v) is 6.45. The van der Waals surface area contributed by atoms with Gasteiger partial charge in [-0.1, -0.05) is 0 Å². The number of alkyl halides is 1. The zero-order valence-corrected chi connectivity index (χ0v) is 13.1. The van der Waals surface area contributed by atoms with Gasteiger partial charge in [0.05, 0.1) is 16.9 Å². The molecule has 1 aliphatic heterocycles. The number of rotatable bonds is 3. The van der Waals surface area contributed by atoms with Crippen LogP contribution in [0.5, 0.6) is 0 Å². The summed E-state index contributed by atoms with van der Waals surface area (Å²) in [5, 5.41) is 0. The van der Waals surface area contributed by atoms with Gasteiger partial charge in [0.1, 0.15) is 0 Å². The lowest BCUT2D eigenvalue weighted by molar-refractivity contribution is -0.141. The van der Waals surface area contributed by atoms with Crippen molar-refractivity contribution in [3.8, 4) is 0 Å². The number of hydrogen-bond donors (Lipinski definition) is 0. The van der Waals surface area contributed by atoms with E-state index >= 15 is 0 Å². The van der Waals surface area contributed by atoms with Crippen LogP contribution < -0.4 is 0 Å². The highest BCUT2D eigenvalue weighted by Crippen LogP contribution is 2.38. The molecule has 1 atom stereocenters. The van der Waals surface area contributed by atoms with Crippen molar-refractivity contribution < 1.29 is 13.2 Å². The van der Waals surface area contributed by atoms with E-state index in [1.54, 1.807) is 4.90 Å². The van der Waals surface area contributed by atoms with Crippen LogP contribution in [0.1, 0.15) is 33.1 Å². The SMILES string of the molecule is CC(C)(CCl)C(=O)N1CCCS(=O)(=O)CC1C1CC1. The standard InChI is InChI=1S/C13H22ClNO3S/c1-13(2,9-14)12(16)15-6-3-7-19(17,18)8-11(15)10-4-5-10/h10-11H,3-9H2,1-2H3. The smallest absolute Gasteiger partial charge is 0.229 e. The molecular formula is C13H22ClNO3S. The van der Waals surface area contributed by atoms with E-state index in [-0.39, 0.29) is 29.3 Å². The predicted molar refractivity (Wildman–Crippen MR) is 76.0 cm³/mol. The number of halogens is 1. The maximum atomic E-state index is 12.6. The molecule has 0 bridgehead atoms. The Morgan fingerprint density at radius 1 is 1.37 bits per heavy atom. The molecule has 0 spiro atoms. The fourth-order valence-electron chi connectivity index (χ4n) is 2.62. The van der Waals surface area contributed by atoms with E-state index < -0.39 is 15.3 Å². The quantitative estimate of drug-likeness (QED) is 0.745. The van der Waals surface area contributed by atoms with E-state index in [4.69, 9.17) is 11.6 Å². The lowest BCUT2D eigenvalue weighted by Crippen LogP contribution is -2.50. The van der Waals surface area contributed by atoms with Gasteiger partial charge in [-0.15, -0.1) is 11.6 Å². The Balaban J connectivity index is 2.24. The molecule has 2 fully saturated rings. The highest BCUT2D eigenvalue weighted by Gasteiger charge is 2.44. The van der Waals surface area contributed by atoms with Crippen molar-refractivity contribution in [3.05, 3.63) is 0 Å². The summed E-state index contributed by atoms with van der Waals surface area (Å²) in [6.07, 6.45) is 2.60. The minimum Gasteiger partial charge on any atom is -0.338 e. The molecule has 0 radical (unpaired) electrons. The van der Waals surface area contributed by atoms with Crippen LogP contribution >= 0.6 is 11.6 Å². The molecule has 4 nitrogen and oxygen atoms in total. The van der Waals surface area contributed by atoms with Crippen molar-refractivity contribution in [2.24, 2.45) is 11.3 Å². The minimum absolute atomic E-state index is 0.00324. The minimum atomic E-state index is -3.02. The lowest BCUT2D eigenvalue weighted by atomic mass is 9.93. The van der Waals surface area contributed by atoms with Gasteiger partial charge < -0.3 is 4.90 Å². The molecule has 0 aromatic rings. The van der Waals surface area contributed by atoms with Crippen molar-refractivity contribution in [1.82, 2.24) is 4.90 Å². The molecule has 2 rings (SSSR count). The van der Waals surface area contributed by atoms with Crippen LogP contribution in [0.4, 0.5) is 0 Å². The molecule has 0 aromatic carbocycles. The second-order valence-electron chi connectivity index (χ2n) is 6.39. The summed E-state index contributed by atoms with van der Waals surface area (Å²) in [5.74, 6) is 0.940. The molecule has 6 heteroatoms. The van der Waals surface area contributed by atoms with Crippen LogP contribution in [0, 0.1) is 11.3 Å². The Hall–Kier alpha value is -0.290. The molecule has 2 aliphatic rings. The molecule has 1 heterocycles. The van der Waals surface area contributed by atoms with Crippen molar-refractivity contribution in [1.29, 1.82) is 0 Å². The first-order chi connectivity index (χ1) is 8.77. The Morgan fingerprint density at radius 2 is 2.00 bits per heavy atom. The third kappa shape index (κ3) is 3.43. The Kier molecular flexibility index (Phi) is 4.17. The van der Waals surface area contributed by atoms with Crippen LogP contribution in [0.3, 0.4) is 0 Å². The van der Waals surface area contributed by atoms with E-state index in [0.29, 0.717) is 18.9 Å². The first kappa shape index (κ1) is 15.1. The summed E-state index contributed by atoms with van der Waals surface area (Å²) in [7, 11) is -3.02. The van der Waals surface area contributed by atoms with Gasteiger partial charge in [0.2, 0.25) is 5.91 Å². The van der Waals surface area contributed by atoms with Gasteiger partial charge in [-0.3, -0.25) is 4.79 Å². The monoisotopic (exact) mass is 307 g/mol. The summed E-state index contributed by atoms with van der Waals surface area (Å²) in [6.45, 7) is 4.19. The second kappa shape index (κ2) is 5.24. The fourth-order valence-corrected chi connectivity index (χ4v) is 4.45. The van der Waals surface area contributed by atoms with E-state index in [1.165, 1.54) is 0 Å². The van der Waals surface area contributed by atoms with Crippen LogP contribution in [0.15, 0.2) is 0 Å². The Morgan fingerprint density at radius 3 is 2.53 bits per heavy atom. The summed E-state index contributed by atoms with van der Waals surface area (Å²) in [6, 6.07) is -0.137. The van der Waals surface area contributed by atoms with Gasteiger partial charge in [-0.25, -0.2) is 8.42 Å². The van der Waals surface area contributed by atoms with Crippen molar-refractivity contribution in [3.63, 3.8) is 0 Å². The zero-order chi connectivity index (χ0) is 14.3. The van der Waals surface area contributed by atoms with Crippen molar-refractivity contribution in [2.75, 3.05) is 23.9 Å². The van der Waals surface area contributed by atoms with Gasteiger partial charge in [-0.05, 0) is 39.0 Å². The fraction of sp³-hybridized carbons (Fsp3) is 0.923. The third-order valence-electron chi connectivity index (χ3n) is 4.02. The maximum Gasteiger partial charge on any atom is 0.229 e. The van der Waals surface area contributed by atoms with Gasteiger partial charge in [0.25, 0.3) is 0 Å². The summed E-state index contributed by atoms with van der Waals surface area (Å²) in [4.78, 5) is 14.4. The highest BCUT2D eigenvalue weighted by molar-refractivity contribution is 7.91. The predicted octanol–water partition coefficient (Wildman–Crippen LogP) is 1.68. The normalized spacial score (nSPS) is 27.9. The Bertz CT molecular complexity index is 457. The van der Waals surface area contributed by atoms with Crippen molar-refractivity contribution >= 4 is 27.3 Å². The molecule has 0 N–H and O–H groups in total. The Labute approximate surface area is 120 Å². The first-order valence-corrected chi connectivity index (χ1v) is 9.20. The van der Waals surface area contributed by atoms with Gasteiger partial charge in [0, 0.05) is 18.5 Å². The number of amides is 1. The molecule has 0 aromatic heterocycles. The van der Waals surface area contributed by atoms with Crippen LogP contribution in [-0.4, -0.2) is 49.2 Å². The van der Waals surface area contributed by atoms with Crippen LogP contribution in [-0.2, 0) is 14.6 Å². The average Bonchev–Trinajstić information content (AvgIpc) is 3.14. The number of sulfone groups is 1. The van der Waals surface area contributed by atoms with Gasteiger partial charge in [0.15, 0.2) is 9.84 Å². The second-order valence-corrected chi connectivity index (χ2v) is 8.88. The lowest BCUT2D eigenvalue weighted by Gasteiger charge is -2.35. The van der Waals surface area contributed by atoms with E-state index in [9.17, 15) is 13.2 Å². The average molecular weight is 308 g/mol. The molecule has 110 valence electrons. The molecule has 19 heavy (non-hydrogen) atoms. The highest BCUT2D eigenvalue weighted by atomic mass is 35.5. The molecular weight excluding hydrogens is 286 g/mol. The molecule has 1 unspecified atom stereocenters. The summed E-state index contributed by atoms with van der Waals surface area (Å²) >= 11 is 5.88. The largest absolute Gasteiger partial charge is 0.338 e. The molecule has 1 saturated heterocycles. The number of carbonyl (C=O) groups excluding carboxylic acids is 1. The van der Waals surface area contributed by atoms with Gasteiger partial charge >= 0.3 is 0 Å². The number of nitrogens with zero attached hydrogens (tertiary/aromatic N) is 1. The van der Waals surface area contributed by atoms with Gasteiger partial charge in [-0.2, -0.15) is 0 Å². The van der Waals surface area contributed by atoms with Crippen LogP contribution in [0.2, 0.25) is 0 Å². The topological polar surface area (TPSA) is 54.5 Å². The molecule has 1 saturated carbocycles. The molecule has 1 aliphatic carbocycles. The van der Waals surface area contributed by atoms with E-state index in [1.807, 2.05) is 13.8 Å². The zero-order valence-electron chi connectivity index (χ0n) is 11.6. The number of carbonyl (C=O) groups is 1. The summed E-state index contributed by atoms with van der Waals surface area (Å²) < 4.78 is 23.9. The maximum absolute atomic E-state index is 12.6. The summed E-state index contributed by atoms with van der Waals surface area (Å²) in [5.41, 5.74) is -0.622. The van der Waals surface area contributed by atoms with E-state index in [0.717, 1.165) is 12.8 Å². The van der Waals surface area contributed by atoms with Crippen molar-refractivity contribution in [2.45, 2.75) is 39.2 Å². The molecule has 1 amide bonds.